The van der Waals surface area contributed by atoms with Crippen LogP contribution in [0.2, 0.25) is 0 Å². The topological polar surface area (TPSA) is 146 Å². The Bertz CT molecular complexity index is 1620. The summed E-state index contributed by atoms with van der Waals surface area (Å²) < 4.78 is 9.44. The number of aromatic nitrogens is 2. The van der Waals surface area contributed by atoms with Crippen molar-refractivity contribution in [2.45, 2.75) is 70.5 Å². The third-order valence-corrected chi connectivity index (χ3v) is 9.42. The number of carbonyl (C=O) groups is 3. The molecule has 4 atom stereocenters. The molecule has 0 radical (unpaired) electrons. The largest absolute Gasteiger partial charge is 0.444 e. The Morgan fingerprint density at radius 1 is 0.980 bits per heavy atom. The predicted molar refractivity (Wildman–Crippen MR) is 193 cm³/mol. The molecule has 0 bridgehead atoms. The molecule has 49 heavy (non-hydrogen) atoms. The van der Waals surface area contributed by atoms with Crippen LogP contribution >= 0.6 is 22.9 Å². The smallest absolute Gasteiger partial charge is 0.407 e. The number of hydrogen-bond donors (Lipinski definition) is 4. The molecule has 0 aliphatic carbocycles. The molecule has 2 aromatic heterocycles. The number of hydrogen-bond acceptors (Lipinski definition) is 9. The summed E-state index contributed by atoms with van der Waals surface area (Å²) in [5.41, 5.74) is 2.61. The molecule has 0 saturated heterocycles. The van der Waals surface area contributed by atoms with Crippen LogP contribution in [0.1, 0.15) is 47.0 Å². The second kappa shape index (κ2) is 18.8. The summed E-state index contributed by atoms with van der Waals surface area (Å²) in [4.78, 5) is 46.6. The van der Waals surface area contributed by atoms with E-state index in [9.17, 15) is 19.5 Å². The van der Waals surface area contributed by atoms with E-state index >= 15 is 0 Å². The molecule has 4 aromatic rings. The maximum Gasteiger partial charge on any atom is 0.407 e. The molecular weight excluding hydrogens is 661 g/mol. The molecular formula is C36H44N6O5S2. The van der Waals surface area contributed by atoms with Gasteiger partial charge in [-0.1, -0.05) is 81.1 Å². The number of amides is 4. The van der Waals surface area contributed by atoms with Crippen LogP contribution in [0.3, 0.4) is 0 Å². The van der Waals surface area contributed by atoms with Gasteiger partial charge in [-0.05, 0) is 60.0 Å². The number of nitrogens with one attached hydrogen (secondary N) is 3. The Labute approximate surface area is 295 Å². The fourth-order valence-electron chi connectivity index (χ4n) is 5.22. The van der Waals surface area contributed by atoms with Gasteiger partial charge in [0.05, 0.1) is 29.3 Å². The second-order valence-corrected chi connectivity index (χ2v) is 13.9. The average molecular weight is 705 g/mol. The van der Waals surface area contributed by atoms with Crippen LogP contribution in [-0.4, -0.2) is 68.7 Å². The molecule has 4 amide bonds. The predicted octanol–water partition coefficient (Wildman–Crippen LogP) is 5.42. The first-order valence-electron chi connectivity index (χ1n) is 16.1. The van der Waals surface area contributed by atoms with E-state index in [0.29, 0.717) is 12.8 Å². The standard InChI is InChI=1S/C36H44N6O5S2/c1-5-32-38-28(23-48-32)21-42(4)35(45)41-33(24(2)3)34(44)39-27(18-25-12-8-6-9-13-25)20-31(43)30(19-26-14-10-7-11-15-26)40-36(46)47-22-29-16-17-37-49-29/h5-17,23-24,27,30-31,33,43H,1,18-22H2,2-4H3,(H,39,44)(H,40,46)(H,41,45)/t27-,30-,31-,33-/m0/s1. The molecule has 0 spiro atoms. The highest BCUT2D eigenvalue weighted by Gasteiger charge is 2.31. The van der Waals surface area contributed by atoms with Crippen molar-refractivity contribution in [2.24, 2.45) is 5.92 Å². The number of aliphatic hydroxyl groups is 1. The van der Waals surface area contributed by atoms with Crippen molar-refractivity contribution in [2.75, 3.05) is 7.05 Å². The van der Waals surface area contributed by atoms with E-state index in [1.807, 2.05) is 79.9 Å². The Balaban J connectivity index is 1.47. The number of carbonyl (C=O) groups excluding carboxylic acids is 3. The minimum Gasteiger partial charge on any atom is -0.444 e. The number of rotatable bonds is 17. The first kappa shape index (κ1) is 37.2. The highest BCUT2D eigenvalue weighted by Crippen LogP contribution is 2.17. The fraction of sp³-hybridized carbons (Fsp3) is 0.361. The number of nitrogens with zero attached hydrogens (tertiary/aromatic N) is 3. The van der Waals surface area contributed by atoms with E-state index in [0.717, 1.165) is 26.7 Å². The summed E-state index contributed by atoms with van der Waals surface area (Å²) in [6.45, 7) is 7.79. The van der Waals surface area contributed by atoms with Crippen molar-refractivity contribution in [1.29, 1.82) is 0 Å². The van der Waals surface area contributed by atoms with Crippen molar-refractivity contribution in [3.63, 3.8) is 0 Å². The molecule has 4 rings (SSSR count). The maximum atomic E-state index is 13.8. The molecule has 4 N–H and O–H groups in total. The summed E-state index contributed by atoms with van der Waals surface area (Å²) in [5.74, 6) is -0.601. The highest BCUT2D eigenvalue weighted by atomic mass is 32.1. The first-order valence-corrected chi connectivity index (χ1v) is 17.7. The molecule has 0 saturated carbocycles. The first-order chi connectivity index (χ1) is 23.6. The molecule has 11 nitrogen and oxygen atoms in total. The van der Waals surface area contributed by atoms with Crippen LogP contribution in [-0.2, 0) is 35.5 Å². The minimum absolute atomic E-state index is 0.0640. The van der Waals surface area contributed by atoms with Gasteiger partial charge in [0, 0.05) is 24.7 Å². The van der Waals surface area contributed by atoms with Gasteiger partial charge in [0.1, 0.15) is 17.7 Å². The van der Waals surface area contributed by atoms with Crippen LogP contribution in [0.15, 0.2) is 84.9 Å². The third-order valence-electron chi connectivity index (χ3n) is 7.82. The quantitative estimate of drug-likeness (QED) is 0.115. The summed E-state index contributed by atoms with van der Waals surface area (Å²) >= 11 is 2.68. The monoisotopic (exact) mass is 704 g/mol. The third kappa shape index (κ3) is 12.1. The number of benzene rings is 2. The fourth-order valence-corrected chi connectivity index (χ4v) is 6.36. The van der Waals surface area contributed by atoms with Crippen molar-refractivity contribution in [3.05, 3.63) is 112 Å². The molecule has 0 fully saturated rings. The Hall–Kier alpha value is -4.59. The SMILES string of the molecule is C=Cc1nc(CN(C)C(=O)N[C@H](C(=O)N[C@@H](Cc2ccccc2)C[C@H](O)[C@H](Cc2ccccc2)NC(=O)OCc2ccns2)C(C)C)cs1. The van der Waals surface area contributed by atoms with Gasteiger partial charge in [0.2, 0.25) is 5.91 Å². The van der Waals surface area contributed by atoms with Crippen LogP contribution < -0.4 is 16.0 Å². The van der Waals surface area contributed by atoms with Gasteiger partial charge in [-0.15, -0.1) is 11.3 Å². The maximum absolute atomic E-state index is 13.8. The summed E-state index contributed by atoms with van der Waals surface area (Å²) in [6.07, 6.45) is 2.47. The van der Waals surface area contributed by atoms with E-state index in [1.54, 1.807) is 25.4 Å². The number of aliphatic hydroxyl groups excluding tert-OH is 1. The molecule has 13 heteroatoms. The molecule has 2 aromatic carbocycles. The molecule has 0 aliphatic rings. The Morgan fingerprint density at radius 3 is 2.24 bits per heavy atom. The minimum atomic E-state index is -1.05. The van der Waals surface area contributed by atoms with Crippen LogP contribution in [0.4, 0.5) is 9.59 Å². The second-order valence-electron chi connectivity index (χ2n) is 12.1. The van der Waals surface area contributed by atoms with Crippen LogP contribution in [0.5, 0.6) is 0 Å². The number of ether oxygens (including phenoxy) is 1. The summed E-state index contributed by atoms with van der Waals surface area (Å²) in [7, 11) is 1.65. The van der Waals surface area contributed by atoms with Gasteiger partial charge in [-0.3, -0.25) is 4.79 Å². The number of thiazole rings is 1. The van der Waals surface area contributed by atoms with Gasteiger partial charge in [0.25, 0.3) is 0 Å². The highest BCUT2D eigenvalue weighted by molar-refractivity contribution is 7.10. The van der Waals surface area contributed by atoms with Gasteiger partial charge in [0.15, 0.2) is 0 Å². The molecule has 0 unspecified atom stereocenters. The van der Waals surface area contributed by atoms with Gasteiger partial charge < -0.3 is 30.7 Å². The van der Waals surface area contributed by atoms with E-state index < -0.39 is 36.4 Å². The van der Waals surface area contributed by atoms with Crippen molar-refractivity contribution in [3.8, 4) is 0 Å². The zero-order valence-electron chi connectivity index (χ0n) is 28.0. The van der Waals surface area contributed by atoms with Crippen molar-refractivity contribution in [1.82, 2.24) is 30.2 Å². The van der Waals surface area contributed by atoms with E-state index in [4.69, 9.17) is 4.74 Å². The van der Waals surface area contributed by atoms with Crippen LogP contribution in [0, 0.1) is 5.92 Å². The molecule has 260 valence electrons. The lowest BCUT2D eigenvalue weighted by molar-refractivity contribution is -0.124. The zero-order chi connectivity index (χ0) is 35.2. The lowest BCUT2D eigenvalue weighted by atomic mass is 9.93. The summed E-state index contributed by atoms with van der Waals surface area (Å²) in [5, 5.41) is 23.1. The molecule has 0 aliphatic heterocycles. The van der Waals surface area contributed by atoms with Crippen molar-refractivity contribution < 1.29 is 24.2 Å². The van der Waals surface area contributed by atoms with Gasteiger partial charge in [-0.25, -0.2) is 18.9 Å². The lowest BCUT2D eigenvalue weighted by Gasteiger charge is -2.30. The van der Waals surface area contributed by atoms with E-state index in [2.05, 4.69) is 31.9 Å². The lowest BCUT2D eigenvalue weighted by Crippen LogP contribution is -2.55. The summed E-state index contributed by atoms with van der Waals surface area (Å²) in [6, 6.07) is 18.5. The number of alkyl carbamates (subject to hydrolysis) is 1. The van der Waals surface area contributed by atoms with E-state index in [-0.39, 0.29) is 31.4 Å². The van der Waals surface area contributed by atoms with Crippen molar-refractivity contribution >= 4 is 47.0 Å². The normalized spacial score (nSPS) is 13.5. The van der Waals surface area contributed by atoms with Gasteiger partial charge in [-0.2, -0.15) is 0 Å². The Morgan fingerprint density at radius 2 is 1.65 bits per heavy atom. The Kier molecular flexibility index (Phi) is 14.3. The molecule has 2 heterocycles. The number of urea groups is 1. The van der Waals surface area contributed by atoms with Gasteiger partial charge >= 0.3 is 12.1 Å². The zero-order valence-corrected chi connectivity index (χ0v) is 29.6. The van der Waals surface area contributed by atoms with Crippen LogP contribution in [0.25, 0.3) is 6.08 Å². The average Bonchev–Trinajstić information content (AvgIpc) is 3.79. The van der Waals surface area contributed by atoms with E-state index in [1.165, 1.54) is 27.8 Å².